The minimum Gasteiger partial charge on any atom is -0.396 e. The van der Waals surface area contributed by atoms with E-state index < -0.39 is 0 Å². The van der Waals surface area contributed by atoms with Crippen LogP contribution in [0, 0.1) is 5.41 Å². The predicted molar refractivity (Wildman–Crippen MR) is 122 cm³/mol. The summed E-state index contributed by atoms with van der Waals surface area (Å²) < 4.78 is 0. The van der Waals surface area contributed by atoms with Crippen LogP contribution in [-0.4, -0.2) is 47.7 Å². The Morgan fingerprint density at radius 2 is 1.52 bits per heavy atom. The molecule has 2 aromatic rings. The van der Waals surface area contributed by atoms with Crippen molar-refractivity contribution in [3.63, 3.8) is 0 Å². The fourth-order valence-electron chi connectivity index (χ4n) is 5.06. The Hall–Kier alpha value is -1.20. The monoisotopic (exact) mass is 412 g/mol. The van der Waals surface area contributed by atoms with Crippen LogP contribution in [0.5, 0.6) is 0 Å². The number of piperidine rings is 2. The molecule has 0 saturated carbocycles. The molecule has 0 radical (unpaired) electrons. The number of likely N-dealkylation sites (tertiary alicyclic amines) is 2. The molecule has 3 heterocycles. The first-order valence-electron chi connectivity index (χ1n) is 11.4. The zero-order valence-corrected chi connectivity index (χ0v) is 18.5. The molecule has 0 spiro atoms. The molecule has 0 bridgehead atoms. The highest BCUT2D eigenvalue weighted by Gasteiger charge is 2.34. The maximum atomic E-state index is 10.3. The van der Waals surface area contributed by atoms with Crippen molar-refractivity contribution in [1.82, 2.24) is 9.80 Å². The average molecular weight is 413 g/mol. The summed E-state index contributed by atoms with van der Waals surface area (Å²) in [6, 6.07) is 15.4. The van der Waals surface area contributed by atoms with Crippen molar-refractivity contribution in [2.75, 3.05) is 32.8 Å². The van der Waals surface area contributed by atoms with E-state index in [4.69, 9.17) is 0 Å². The van der Waals surface area contributed by atoms with Crippen molar-refractivity contribution >= 4 is 11.3 Å². The van der Waals surface area contributed by atoms with Gasteiger partial charge in [0.2, 0.25) is 0 Å². The summed E-state index contributed by atoms with van der Waals surface area (Å²) in [4.78, 5) is 8.19. The third-order valence-electron chi connectivity index (χ3n) is 6.79. The number of hydrogen-bond donors (Lipinski definition) is 1. The van der Waals surface area contributed by atoms with Crippen LogP contribution >= 0.6 is 11.3 Å². The second kappa shape index (κ2) is 10.2. The second-order valence-corrected chi connectivity index (χ2v) is 10.4. The third kappa shape index (κ3) is 5.91. The van der Waals surface area contributed by atoms with Gasteiger partial charge in [-0.3, -0.25) is 9.80 Å². The van der Waals surface area contributed by atoms with Crippen molar-refractivity contribution in [3.8, 4) is 0 Å². The van der Waals surface area contributed by atoms with E-state index in [1.54, 1.807) is 0 Å². The average Bonchev–Trinajstić information content (AvgIpc) is 3.20. The lowest BCUT2D eigenvalue weighted by Crippen LogP contribution is -2.45. The number of aryl methyl sites for hydroxylation is 1. The number of benzene rings is 1. The van der Waals surface area contributed by atoms with Crippen molar-refractivity contribution in [2.45, 2.75) is 58.0 Å². The molecule has 3 nitrogen and oxygen atoms in total. The van der Waals surface area contributed by atoms with E-state index in [2.05, 4.69) is 52.3 Å². The fourth-order valence-corrected chi connectivity index (χ4v) is 6.17. The van der Waals surface area contributed by atoms with E-state index in [0.717, 1.165) is 45.4 Å². The van der Waals surface area contributed by atoms with Gasteiger partial charge in [0.05, 0.1) is 0 Å². The molecule has 1 aromatic heterocycles. The van der Waals surface area contributed by atoms with Gasteiger partial charge in [-0.25, -0.2) is 0 Å². The Morgan fingerprint density at radius 3 is 2.24 bits per heavy atom. The molecule has 1 atom stereocenters. The van der Waals surface area contributed by atoms with Gasteiger partial charge in [0.25, 0.3) is 0 Å². The fraction of sp³-hybridized carbons (Fsp3) is 0.600. The zero-order valence-electron chi connectivity index (χ0n) is 17.7. The number of nitrogens with zero attached hydrogens (tertiary/aromatic N) is 2. The topological polar surface area (TPSA) is 26.7 Å². The molecule has 0 amide bonds. The molecule has 158 valence electrons. The first kappa shape index (κ1) is 21.0. The summed E-state index contributed by atoms with van der Waals surface area (Å²) in [5.41, 5.74) is 1.44. The molecule has 0 aliphatic carbocycles. The number of thiophene rings is 1. The van der Waals surface area contributed by atoms with E-state index in [1.807, 2.05) is 11.3 Å². The molecule has 2 aliphatic heterocycles. The predicted octanol–water partition coefficient (Wildman–Crippen LogP) is 4.94. The number of hydrogen-bond acceptors (Lipinski definition) is 4. The minimum atomic E-state index is 0.0575. The molecule has 29 heavy (non-hydrogen) atoms. The highest BCUT2D eigenvalue weighted by molar-refractivity contribution is 7.11. The summed E-state index contributed by atoms with van der Waals surface area (Å²) in [5, 5.41) is 10.3. The summed E-state index contributed by atoms with van der Waals surface area (Å²) in [7, 11) is 0. The molecule has 2 aliphatic rings. The smallest absolute Gasteiger partial charge is 0.0499 e. The van der Waals surface area contributed by atoms with Gasteiger partial charge in [-0.2, -0.15) is 0 Å². The second-order valence-electron chi connectivity index (χ2n) is 9.16. The van der Waals surface area contributed by atoms with Gasteiger partial charge in [0.1, 0.15) is 0 Å². The van der Waals surface area contributed by atoms with Gasteiger partial charge in [-0.1, -0.05) is 36.8 Å². The molecule has 1 N–H and O–H groups in total. The van der Waals surface area contributed by atoms with Crippen LogP contribution in [0.2, 0.25) is 0 Å². The van der Waals surface area contributed by atoms with Gasteiger partial charge >= 0.3 is 0 Å². The molecule has 4 rings (SSSR count). The number of rotatable bonds is 8. The lowest BCUT2D eigenvalue weighted by atomic mass is 9.76. The van der Waals surface area contributed by atoms with Crippen LogP contribution < -0.4 is 0 Å². The van der Waals surface area contributed by atoms with Crippen LogP contribution in [0.4, 0.5) is 0 Å². The third-order valence-corrected chi connectivity index (χ3v) is 7.84. The lowest BCUT2D eigenvalue weighted by molar-refractivity contribution is 0.0228. The van der Waals surface area contributed by atoms with Crippen molar-refractivity contribution in [2.24, 2.45) is 5.41 Å². The molecule has 4 heteroatoms. The van der Waals surface area contributed by atoms with Crippen LogP contribution in [0.25, 0.3) is 0 Å². The Labute approximate surface area is 180 Å². The molecule has 0 unspecified atom stereocenters. The SMILES string of the molecule is OC[C@]1(CCc2ccccc2)CCCN(Cc2ccc(CN3CCCCC3)s2)C1. The van der Waals surface area contributed by atoms with Crippen molar-refractivity contribution in [1.29, 1.82) is 0 Å². The van der Waals surface area contributed by atoms with Crippen molar-refractivity contribution in [3.05, 3.63) is 57.8 Å². The van der Waals surface area contributed by atoms with Crippen LogP contribution in [0.1, 0.15) is 53.8 Å². The van der Waals surface area contributed by atoms with E-state index in [0.29, 0.717) is 6.61 Å². The van der Waals surface area contributed by atoms with Crippen molar-refractivity contribution < 1.29 is 5.11 Å². The van der Waals surface area contributed by atoms with Gasteiger partial charge in [0, 0.05) is 41.4 Å². The highest BCUT2D eigenvalue weighted by atomic mass is 32.1. The summed E-state index contributed by atoms with van der Waals surface area (Å²) >= 11 is 1.99. The van der Waals surface area contributed by atoms with E-state index in [-0.39, 0.29) is 5.41 Å². The van der Waals surface area contributed by atoms with Crippen LogP contribution in [0.3, 0.4) is 0 Å². The molecular formula is C25H36N2OS. The zero-order chi connectivity index (χ0) is 19.9. The summed E-state index contributed by atoms with van der Waals surface area (Å²) in [5.74, 6) is 0. The number of aliphatic hydroxyl groups excluding tert-OH is 1. The molecule has 2 fully saturated rings. The standard InChI is InChI=1S/C25H36N2OS/c28-21-25(14-12-22-8-3-1-4-9-22)13-7-17-27(20-25)19-24-11-10-23(29-24)18-26-15-5-2-6-16-26/h1,3-4,8-11,28H,2,5-7,12-21H2/t25-/m0/s1. The van der Waals surface area contributed by atoms with Gasteiger partial charge < -0.3 is 5.11 Å². The Bertz CT molecular complexity index is 740. The Morgan fingerprint density at radius 1 is 0.828 bits per heavy atom. The Balaban J connectivity index is 1.31. The minimum absolute atomic E-state index is 0.0575. The first-order valence-corrected chi connectivity index (χ1v) is 12.2. The lowest BCUT2D eigenvalue weighted by Gasteiger charge is -2.42. The van der Waals surface area contributed by atoms with Gasteiger partial charge in [0.15, 0.2) is 0 Å². The van der Waals surface area contributed by atoms with E-state index in [1.165, 1.54) is 54.1 Å². The largest absolute Gasteiger partial charge is 0.396 e. The normalized spacial score (nSPS) is 24.0. The number of aliphatic hydroxyl groups is 1. The van der Waals surface area contributed by atoms with Crippen LogP contribution in [-0.2, 0) is 19.5 Å². The maximum Gasteiger partial charge on any atom is 0.0499 e. The summed E-state index contributed by atoms with van der Waals surface area (Å²) in [6.07, 6.45) is 8.61. The Kier molecular flexibility index (Phi) is 7.41. The van der Waals surface area contributed by atoms with E-state index >= 15 is 0 Å². The highest BCUT2D eigenvalue weighted by Crippen LogP contribution is 2.35. The van der Waals surface area contributed by atoms with Gasteiger partial charge in [-0.15, -0.1) is 11.3 Å². The van der Waals surface area contributed by atoms with Gasteiger partial charge in [-0.05, 0) is 75.9 Å². The van der Waals surface area contributed by atoms with E-state index in [9.17, 15) is 5.11 Å². The van der Waals surface area contributed by atoms with Crippen LogP contribution in [0.15, 0.2) is 42.5 Å². The quantitative estimate of drug-likeness (QED) is 0.665. The molecular weight excluding hydrogens is 376 g/mol. The summed E-state index contributed by atoms with van der Waals surface area (Å²) in [6.45, 7) is 7.18. The first-order chi connectivity index (χ1) is 14.2. The molecule has 2 saturated heterocycles. The maximum absolute atomic E-state index is 10.3. The molecule has 1 aromatic carbocycles.